The van der Waals surface area contributed by atoms with E-state index in [-0.39, 0.29) is 0 Å². The summed E-state index contributed by atoms with van der Waals surface area (Å²) in [5.41, 5.74) is 0. The first kappa shape index (κ1) is 21.1. The predicted molar refractivity (Wildman–Crippen MR) is 68.8 cm³/mol. The fourth-order valence-corrected chi connectivity index (χ4v) is 3.67. The zero-order valence-electron chi connectivity index (χ0n) is 11.9. The molecule has 1 fully saturated rings. The molecule has 1 rings (SSSR count). The summed E-state index contributed by atoms with van der Waals surface area (Å²) in [6, 6.07) is 0. The third-order valence-electron chi connectivity index (χ3n) is 3.37. The molecule has 3 unspecified atom stereocenters. The van der Waals surface area contributed by atoms with E-state index in [1.165, 1.54) is 6.92 Å². The summed E-state index contributed by atoms with van der Waals surface area (Å²) in [6.45, 7) is 1.31. The molecule has 15 heteroatoms. The van der Waals surface area contributed by atoms with Crippen molar-refractivity contribution in [2.24, 2.45) is 5.92 Å². The van der Waals surface area contributed by atoms with E-state index in [1.54, 1.807) is 0 Å². The molecule has 1 aliphatic carbocycles. The van der Waals surface area contributed by atoms with Gasteiger partial charge in [-0.2, -0.15) is 0 Å². The number of methoxy groups -OCH3 is 1. The van der Waals surface area contributed by atoms with Crippen LogP contribution in [0.25, 0.3) is 0 Å². The summed E-state index contributed by atoms with van der Waals surface area (Å²) in [5.74, 6) is -1.04. The lowest BCUT2D eigenvalue weighted by atomic mass is 9.79. The average Bonchev–Trinajstić information content (AvgIpc) is 2.39. The smallest absolute Gasteiger partial charge is 0.376 e. The van der Waals surface area contributed by atoms with E-state index in [2.05, 4.69) is 18.8 Å². The summed E-state index contributed by atoms with van der Waals surface area (Å²) >= 11 is 0. The van der Waals surface area contributed by atoms with E-state index in [1.807, 2.05) is 0 Å². The van der Waals surface area contributed by atoms with Gasteiger partial charge >= 0.3 is 15.6 Å². The van der Waals surface area contributed by atoms with E-state index < -0.39 is 52.1 Å². The van der Waals surface area contributed by atoms with Gasteiger partial charge in [-0.3, -0.25) is 19.6 Å². The van der Waals surface area contributed by atoms with Crippen LogP contribution >= 0.6 is 15.6 Å². The number of hydrogen-bond donors (Lipinski definition) is 6. The molecule has 6 atom stereocenters. The molecule has 0 aliphatic heterocycles. The van der Waals surface area contributed by atoms with Gasteiger partial charge in [0.05, 0.1) is 0 Å². The number of phosphoric ester groups is 2. The van der Waals surface area contributed by atoms with Crippen molar-refractivity contribution < 1.29 is 62.8 Å². The second kappa shape index (κ2) is 7.93. The van der Waals surface area contributed by atoms with Gasteiger partial charge in [-0.15, -0.1) is 0 Å². The lowest BCUT2D eigenvalue weighted by Gasteiger charge is -2.46. The second-order valence-corrected chi connectivity index (χ2v) is 7.20. The fourth-order valence-electron chi connectivity index (χ4n) is 2.48. The minimum atomic E-state index is -5.13. The van der Waals surface area contributed by atoms with Crippen LogP contribution in [0, 0.1) is 5.92 Å². The van der Waals surface area contributed by atoms with E-state index in [0.717, 1.165) is 7.11 Å². The highest BCUT2D eigenvalue weighted by Gasteiger charge is 2.56. The Morgan fingerprint density at radius 1 is 0.739 bits per heavy atom. The maximum atomic E-state index is 11.1. The number of phosphoric acid groups is 2. The third-order valence-corrected chi connectivity index (χ3v) is 4.40. The van der Waals surface area contributed by atoms with Gasteiger partial charge in [0.2, 0.25) is 0 Å². The Hall–Kier alpha value is 0.0200. The van der Waals surface area contributed by atoms with Crippen molar-refractivity contribution in [3.63, 3.8) is 0 Å². The van der Waals surface area contributed by atoms with Crippen LogP contribution in [0.4, 0.5) is 0 Å². The molecule has 13 nitrogen and oxygen atoms in total. The first-order valence-corrected chi connectivity index (χ1v) is 9.12. The van der Waals surface area contributed by atoms with Crippen molar-refractivity contribution in [2.45, 2.75) is 37.4 Å². The zero-order valence-corrected chi connectivity index (χ0v) is 13.7. The Balaban J connectivity index is 3.26. The molecule has 138 valence electrons. The highest BCUT2D eigenvalue weighted by Crippen LogP contribution is 2.48. The molecule has 23 heavy (non-hydrogen) atoms. The van der Waals surface area contributed by atoms with E-state index in [9.17, 15) is 9.13 Å². The normalized spacial score (nSPS) is 36.2. The van der Waals surface area contributed by atoms with Crippen LogP contribution in [0.2, 0.25) is 0 Å². The molecule has 1 saturated carbocycles. The van der Waals surface area contributed by atoms with Crippen LogP contribution in [0.1, 0.15) is 6.92 Å². The van der Waals surface area contributed by atoms with Gasteiger partial charge in [-0.1, -0.05) is 6.92 Å². The molecule has 0 amide bonds. The Morgan fingerprint density at radius 3 is 1.52 bits per heavy atom. The Kier molecular flexibility index (Phi) is 7.27. The second-order valence-electron chi connectivity index (χ2n) is 4.82. The summed E-state index contributed by atoms with van der Waals surface area (Å²) < 4.78 is 36.1. The standard InChI is InChI=1S/C8H18O13P2/c1-3-4(18-9)7(19-10)8(21-23(14,15)16)6(17-2)5(3)20-22(11,12)13/h3-10H,1-2H3,(H2,11,12,13)(H2,14,15,16)/t3?,4-,5+,6?,7-,8?/m1/s1. The topological polar surface area (TPSA) is 202 Å². The van der Waals surface area contributed by atoms with Gasteiger partial charge in [-0.25, -0.2) is 18.9 Å². The quantitative estimate of drug-likeness (QED) is 0.183. The highest BCUT2D eigenvalue weighted by molar-refractivity contribution is 7.46. The van der Waals surface area contributed by atoms with Gasteiger partial charge in [0.25, 0.3) is 0 Å². The first-order chi connectivity index (χ1) is 10.4. The Labute approximate surface area is 130 Å². The molecule has 0 spiro atoms. The minimum Gasteiger partial charge on any atom is -0.376 e. The molecule has 0 aromatic heterocycles. The van der Waals surface area contributed by atoms with Crippen molar-refractivity contribution in [1.82, 2.24) is 0 Å². The largest absolute Gasteiger partial charge is 0.470 e. The molecule has 0 aromatic carbocycles. The van der Waals surface area contributed by atoms with Crippen LogP contribution in [0.3, 0.4) is 0 Å². The minimum absolute atomic E-state index is 1.04. The molecule has 0 radical (unpaired) electrons. The highest BCUT2D eigenvalue weighted by atomic mass is 31.2. The lowest BCUT2D eigenvalue weighted by Crippen LogP contribution is -2.63. The lowest BCUT2D eigenvalue weighted by molar-refractivity contribution is -0.394. The van der Waals surface area contributed by atoms with E-state index >= 15 is 0 Å². The van der Waals surface area contributed by atoms with Gasteiger partial charge in [0, 0.05) is 13.0 Å². The molecular weight excluding hydrogens is 366 g/mol. The van der Waals surface area contributed by atoms with Crippen LogP contribution in [-0.4, -0.2) is 67.7 Å². The van der Waals surface area contributed by atoms with E-state index in [0.29, 0.717) is 0 Å². The predicted octanol–water partition coefficient (Wildman–Crippen LogP) is -0.677. The van der Waals surface area contributed by atoms with Gasteiger partial charge in [0.1, 0.15) is 24.4 Å². The maximum Gasteiger partial charge on any atom is 0.470 e. The van der Waals surface area contributed by atoms with E-state index in [4.69, 9.17) is 34.8 Å². The summed E-state index contributed by atoms with van der Waals surface area (Å²) in [6.07, 6.45) is -7.92. The summed E-state index contributed by atoms with van der Waals surface area (Å²) in [7, 11) is -9.11. The van der Waals surface area contributed by atoms with Crippen molar-refractivity contribution in [2.75, 3.05) is 7.11 Å². The van der Waals surface area contributed by atoms with Crippen molar-refractivity contribution in [3.05, 3.63) is 0 Å². The van der Waals surface area contributed by atoms with Gasteiger partial charge < -0.3 is 24.3 Å². The van der Waals surface area contributed by atoms with Gasteiger partial charge in [0.15, 0.2) is 6.10 Å². The van der Waals surface area contributed by atoms with Crippen LogP contribution in [0.15, 0.2) is 0 Å². The van der Waals surface area contributed by atoms with Gasteiger partial charge in [-0.05, 0) is 0 Å². The van der Waals surface area contributed by atoms with Crippen LogP contribution in [-0.2, 0) is 32.7 Å². The average molecular weight is 384 g/mol. The first-order valence-electron chi connectivity index (χ1n) is 6.06. The SMILES string of the molecule is COC1C(OP(=O)(O)O)[C@H](OO)[C@H](OO)C(C)[C@@H]1OP(=O)(O)O. The molecule has 0 aromatic rings. The Morgan fingerprint density at radius 2 is 1.17 bits per heavy atom. The maximum absolute atomic E-state index is 11.1. The number of ether oxygens (including phenoxy) is 1. The molecule has 1 aliphatic rings. The van der Waals surface area contributed by atoms with Crippen LogP contribution < -0.4 is 0 Å². The molecule has 6 N–H and O–H groups in total. The molecular formula is C8H18O13P2. The van der Waals surface area contributed by atoms with Crippen molar-refractivity contribution in [3.8, 4) is 0 Å². The molecule has 0 saturated heterocycles. The number of hydrogen-bond acceptors (Lipinski definition) is 9. The fraction of sp³-hybridized carbons (Fsp3) is 1.00. The third kappa shape index (κ3) is 5.51. The summed E-state index contributed by atoms with van der Waals surface area (Å²) in [5, 5.41) is 17.9. The van der Waals surface area contributed by atoms with Crippen LogP contribution in [0.5, 0.6) is 0 Å². The number of rotatable bonds is 7. The van der Waals surface area contributed by atoms with Crippen molar-refractivity contribution in [1.29, 1.82) is 0 Å². The Bertz CT molecular complexity index is 473. The molecule has 0 heterocycles. The monoisotopic (exact) mass is 384 g/mol. The molecule has 0 bridgehead atoms. The summed E-state index contributed by atoms with van der Waals surface area (Å²) in [4.78, 5) is 43.9. The van der Waals surface area contributed by atoms with Crippen molar-refractivity contribution >= 4 is 15.6 Å². The zero-order chi connectivity index (χ0) is 18.0.